The maximum atomic E-state index is 2.50. The molecule has 0 atom stereocenters. The van der Waals surface area contributed by atoms with Crippen molar-refractivity contribution in [3.05, 3.63) is 211 Å². The average molecular weight is 746 g/mol. The van der Waals surface area contributed by atoms with Gasteiger partial charge in [-0.1, -0.05) is 178 Å². The molecule has 1 aliphatic rings. The molecule has 1 heterocycles. The van der Waals surface area contributed by atoms with Crippen molar-refractivity contribution in [3.8, 4) is 44.5 Å². The van der Waals surface area contributed by atoms with Gasteiger partial charge in [0, 0.05) is 32.1 Å². The third-order valence-corrected chi connectivity index (χ3v) is 13.3. The SMILES string of the molecule is CC1(C)c2ccccc2-c2cccc(-c3ccc(N(c4cc(-c5ccc6ccccc6c5)ccc4-c4ccccc4)c4cccc5c4sc4ccccc45)cc3)c21. The molecule has 1 aliphatic carbocycles. The minimum Gasteiger partial charge on any atom is -0.308 e. The zero-order chi connectivity index (χ0) is 38.1. The quantitative estimate of drug-likeness (QED) is 0.164. The van der Waals surface area contributed by atoms with E-state index in [-0.39, 0.29) is 5.41 Å². The predicted molar refractivity (Wildman–Crippen MR) is 245 cm³/mol. The molecule has 57 heavy (non-hydrogen) atoms. The summed E-state index contributed by atoms with van der Waals surface area (Å²) in [7, 11) is 0. The number of hydrogen-bond donors (Lipinski definition) is 0. The fourth-order valence-electron chi connectivity index (χ4n) is 9.32. The van der Waals surface area contributed by atoms with Gasteiger partial charge < -0.3 is 4.90 Å². The highest BCUT2D eigenvalue weighted by Gasteiger charge is 2.37. The molecule has 0 aliphatic heterocycles. The van der Waals surface area contributed by atoms with Gasteiger partial charge in [0.2, 0.25) is 0 Å². The van der Waals surface area contributed by atoms with Crippen molar-refractivity contribution < 1.29 is 0 Å². The lowest BCUT2D eigenvalue weighted by atomic mass is 9.79. The summed E-state index contributed by atoms with van der Waals surface area (Å²) in [4.78, 5) is 2.50. The molecular weight excluding hydrogens is 707 g/mol. The van der Waals surface area contributed by atoms with Crippen LogP contribution in [0.25, 0.3) is 75.5 Å². The van der Waals surface area contributed by atoms with Crippen molar-refractivity contribution in [2.45, 2.75) is 19.3 Å². The molecule has 11 rings (SSSR count). The lowest BCUT2D eigenvalue weighted by Gasteiger charge is -2.29. The van der Waals surface area contributed by atoms with Gasteiger partial charge in [-0.05, 0) is 97.2 Å². The summed E-state index contributed by atoms with van der Waals surface area (Å²) in [5, 5.41) is 5.06. The molecule has 0 fully saturated rings. The largest absolute Gasteiger partial charge is 0.308 e. The number of thiophene rings is 1. The maximum absolute atomic E-state index is 2.50. The predicted octanol–water partition coefficient (Wildman–Crippen LogP) is 16.0. The van der Waals surface area contributed by atoms with Crippen LogP contribution in [0.5, 0.6) is 0 Å². The Morgan fingerprint density at radius 1 is 0.404 bits per heavy atom. The van der Waals surface area contributed by atoms with Crippen LogP contribution in [-0.4, -0.2) is 0 Å². The summed E-state index contributed by atoms with van der Waals surface area (Å²) in [6, 6.07) is 73.9. The number of anilines is 3. The third kappa shape index (κ3) is 5.44. The van der Waals surface area contributed by atoms with Crippen LogP contribution < -0.4 is 4.90 Å². The van der Waals surface area contributed by atoms with Gasteiger partial charge in [0.15, 0.2) is 0 Å². The normalized spacial score (nSPS) is 12.9. The number of hydrogen-bond acceptors (Lipinski definition) is 2. The molecule has 0 bridgehead atoms. The van der Waals surface area contributed by atoms with Crippen molar-refractivity contribution in [1.29, 1.82) is 0 Å². The summed E-state index contributed by atoms with van der Waals surface area (Å²) in [6.07, 6.45) is 0. The topological polar surface area (TPSA) is 3.24 Å². The number of benzene rings is 9. The van der Waals surface area contributed by atoms with Gasteiger partial charge in [0.25, 0.3) is 0 Å². The molecule has 9 aromatic carbocycles. The molecule has 0 saturated heterocycles. The molecule has 0 amide bonds. The number of nitrogens with zero attached hydrogens (tertiary/aromatic N) is 1. The lowest BCUT2D eigenvalue weighted by Crippen LogP contribution is -2.16. The van der Waals surface area contributed by atoms with E-state index in [0.717, 1.165) is 11.4 Å². The van der Waals surface area contributed by atoms with E-state index in [9.17, 15) is 0 Å². The Morgan fingerprint density at radius 3 is 1.91 bits per heavy atom. The van der Waals surface area contributed by atoms with Crippen LogP contribution in [-0.2, 0) is 5.41 Å². The van der Waals surface area contributed by atoms with E-state index >= 15 is 0 Å². The maximum Gasteiger partial charge on any atom is 0.0640 e. The fraction of sp³-hybridized carbons (Fsp3) is 0.0545. The average Bonchev–Trinajstić information content (AvgIpc) is 3.77. The minimum atomic E-state index is -0.0994. The lowest BCUT2D eigenvalue weighted by molar-refractivity contribution is 0.662. The van der Waals surface area contributed by atoms with E-state index < -0.39 is 0 Å². The standard InChI is InChI=1S/C55H39NS/c1-55(2)49-23-10-8-18-45(49)47-21-12-20-44(53(47)55)38-28-31-42(32-29-38)56(50-24-13-22-48-46-19-9-11-25-52(46)57-54(48)50)51-35-41(30-33-43(51)37-15-4-3-5-16-37)40-27-26-36-14-6-7-17-39(36)34-40/h3-35H,1-2H3. The summed E-state index contributed by atoms with van der Waals surface area (Å²) in [5.74, 6) is 0. The van der Waals surface area contributed by atoms with Crippen LogP contribution in [0.4, 0.5) is 17.1 Å². The van der Waals surface area contributed by atoms with Crippen molar-refractivity contribution >= 4 is 59.3 Å². The summed E-state index contributed by atoms with van der Waals surface area (Å²) in [6.45, 7) is 4.74. The molecule has 2 heteroatoms. The molecule has 0 saturated carbocycles. The second-order valence-electron chi connectivity index (χ2n) is 15.7. The first kappa shape index (κ1) is 33.6. The third-order valence-electron chi connectivity index (χ3n) is 12.0. The molecule has 0 N–H and O–H groups in total. The second-order valence-corrected chi connectivity index (χ2v) is 16.7. The highest BCUT2D eigenvalue weighted by Crippen LogP contribution is 2.53. The number of fused-ring (bicyclic) bond motifs is 7. The van der Waals surface area contributed by atoms with Gasteiger partial charge in [0.1, 0.15) is 0 Å². The Hall–Kier alpha value is -6.74. The Balaban J connectivity index is 1.14. The van der Waals surface area contributed by atoms with Gasteiger partial charge >= 0.3 is 0 Å². The Morgan fingerprint density at radius 2 is 1.04 bits per heavy atom. The van der Waals surface area contributed by atoms with Gasteiger partial charge in [0.05, 0.1) is 16.1 Å². The first-order chi connectivity index (χ1) is 28.0. The highest BCUT2D eigenvalue weighted by atomic mass is 32.1. The van der Waals surface area contributed by atoms with Crippen LogP contribution in [0.3, 0.4) is 0 Å². The van der Waals surface area contributed by atoms with Crippen LogP contribution in [0.2, 0.25) is 0 Å². The van der Waals surface area contributed by atoms with Crippen LogP contribution >= 0.6 is 11.3 Å². The first-order valence-electron chi connectivity index (χ1n) is 19.8. The van der Waals surface area contributed by atoms with E-state index in [4.69, 9.17) is 0 Å². The molecule has 0 spiro atoms. The van der Waals surface area contributed by atoms with Crippen LogP contribution in [0.1, 0.15) is 25.0 Å². The Bertz CT molecular complexity index is 3150. The zero-order valence-electron chi connectivity index (χ0n) is 31.9. The van der Waals surface area contributed by atoms with Gasteiger partial charge in [-0.15, -0.1) is 11.3 Å². The van der Waals surface area contributed by atoms with E-state index in [1.54, 1.807) is 0 Å². The van der Waals surface area contributed by atoms with E-state index in [0.29, 0.717) is 0 Å². The molecule has 10 aromatic rings. The number of rotatable bonds is 6. The highest BCUT2D eigenvalue weighted by molar-refractivity contribution is 7.26. The van der Waals surface area contributed by atoms with E-state index in [1.807, 2.05) is 11.3 Å². The molecule has 0 unspecified atom stereocenters. The monoisotopic (exact) mass is 745 g/mol. The molecule has 0 radical (unpaired) electrons. The van der Waals surface area contributed by atoms with Crippen molar-refractivity contribution in [1.82, 2.24) is 0 Å². The van der Waals surface area contributed by atoms with Gasteiger partial charge in [-0.25, -0.2) is 0 Å². The summed E-state index contributed by atoms with van der Waals surface area (Å²) in [5.41, 5.74) is 16.1. The van der Waals surface area contributed by atoms with Gasteiger partial charge in [-0.2, -0.15) is 0 Å². The molecule has 270 valence electrons. The zero-order valence-corrected chi connectivity index (χ0v) is 32.7. The Kier molecular flexibility index (Phi) is 7.77. The first-order valence-corrected chi connectivity index (χ1v) is 20.6. The molecular formula is C55H39NS. The summed E-state index contributed by atoms with van der Waals surface area (Å²) >= 11 is 1.88. The smallest absolute Gasteiger partial charge is 0.0640 e. The van der Waals surface area contributed by atoms with Crippen molar-refractivity contribution in [2.24, 2.45) is 0 Å². The van der Waals surface area contributed by atoms with Crippen LogP contribution in [0.15, 0.2) is 200 Å². The van der Waals surface area contributed by atoms with Gasteiger partial charge in [-0.3, -0.25) is 0 Å². The van der Waals surface area contributed by atoms with Crippen molar-refractivity contribution in [3.63, 3.8) is 0 Å². The van der Waals surface area contributed by atoms with E-state index in [2.05, 4.69) is 219 Å². The molecule has 1 aromatic heterocycles. The molecule has 1 nitrogen and oxygen atoms in total. The summed E-state index contributed by atoms with van der Waals surface area (Å²) < 4.78 is 2.57. The minimum absolute atomic E-state index is 0.0994. The van der Waals surface area contributed by atoms with Crippen LogP contribution in [0, 0.1) is 0 Å². The second kappa shape index (κ2) is 13.2. The Labute approximate surface area is 337 Å². The fourth-order valence-corrected chi connectivity index (χ4v) is 10.5. The van der Waals surface area contributed by atoms with E-state index in [1.165, 1.54) is 92.3 Å². The van der Waals surface area contributed by atoms with Crippen molar-refractivity contribution in [2.75, 3.05) is 4.90 Å².